The highest BCUT2D eigenvalue weighted by Crippen LogP contribution is 2.37. The molecule has 0 bridgehead atoms. The zero-order valence-electron chi connectivity index (χ0n) is 14.6. The van der Waals surface area contributed by atoms with Crippen molar-refractivity contribution < 1.29 is 24.5 Å². The van der Waals surface area contributed by atoms with Crippen LogP contribution in [0.25, 0.3) is 0 Å². The van der Waals surface area contributed by atoms with Crippen LogP contribution in [-0.4, -0.2) is 61.0 Å². The Bertz CT molecular complexity index is 554. The number of nitrogens with zero attached hydrogens (tertiary/aromatic N) is 1. The van der Waals surface area contributed by atoms with E-state index >= 15 is 0 Å². The maximum absolute atomic E-state index is 13.1. The first-order valence-electron chi connectivity index (χ1n) is 8.32. The van der Waals surface area contributed by atoms with Crippen LogP contribution in [0.15, 0.2) is 18.2 Å². The number of amides is 1. The Morgan fingerprint density at radius 3 is 2.46 bits per heavy atom. The van der Waals surface area contributed by atoms with Crippen LogP contribution in [0.4, 0.5) is 0 Å². The van der Waals surface area contributed by atoms with Crippen LogP contribution < -0.4 is 9.47 Å². The number of likely N-dealkylation sites (tertiary alicyclic amines) is 1. The minimum atomic E-state index is -0.669. The van der Waals surface area contributed by atoms with E-state index in [1.807, 2.05) is 6.92 Å². The van der Waals surface area contributed by atoms with E-state index in [0.717, 1.165) is 6.42 Å². The maximum atomic E-state index is 13.1. The zero-order valence-corrected chi connectivity index (χ0v) is 14.6. The number of aliphatic hydroxyl groups excluding tert-OH is 2. The summed E-state index contributed by atoms with van der Waals surface area (Å²) in [7, 11) is 3.03. The number of carbonyl (C=O) groups is 1. The molecule has 0 spiro atoms. The quantitative estimate of drug-likeness (QED) is 0.826. The highest BCUT2D eigenvalue weighted by atomic mass is 16.5. The first kappa shape index (κ1) is 18.5. The van der Waals surface area contributed by atoms with Gasteiger partial charge in [-0.3, -0.25) is 4.79 Å². The predicted octanol–water partition coefficient (Wildman–Crippen LogP) is 1.69. The van der Waals surface area contributed by atoms with Gasteiger partial charge in [0.2, 0.25) is 0 Å². The van der Waals surface area contributed by atoms with Gasteiger partial charge in [0.25, 0.3) is 5.91 Å². The van der Waals surface area contributed by atoms with Gasteiger partial charge < -0.3 is 24.6 Å². The van der Waals surface area contributed by atoms with Crippen LogP contribution in [0.5, 0.6) is 11.5 Å². The summed E-state index contributed by atoms with van der Waals surface area (Å²) < 4.78 is 10.6. The first-order chi connectivity index (χ1) is 11.5. The molecule has 1 aliphatic rings. The molecule has 1 saturated heterocycles. The number of carbonyl (C=O) groups excluding carboxylic acids is 1. The van der Waals surface area contributed by atoms with Crippen molar-refractivity contribution in [3.05, 3.63) is 23.8 Å². The Balaban J connectivity index is 2.34. The van der Waals surface area contributed by atoms with E-state index in [1.54, 1.807) is 23.1 Å². The van der Waals surface area contributed by atoms with Crippen LogP contribution in [0, 0.1) is 5.41 Å². The normalized spacial score (nSPS) is 23.9. The van der Waals surface area contributed by atoms with Crippen LogP contribution in [0.2, 0.25) is 0 Å². The monoisotopic (exact) mass is 337 g/mol. The fourth-order valence-electron chi connectivity index (χ4n) is 3.52. The average molecular weight is 337 g/mol. The maximum Gasteiger partial charge on any atom is 0.261 e. The summed E-state index contributed by atoms with van der Waals surface area (Å²) in [5, 5.41) is 20.2. The number of piperidine rings is 1. The smallest absolute Gasteiger partial charge is 0.261 e. The van der Waals surface area contributed by atoms with Gasteiger partial charge in [-0.05, 0) is 25.0 Å². The third-order valence-corrected chi connectivity index (χ3v) is 4.88. The minimum Gasteiger partial charge on any atom is -0.496 e. The van der Waals surface area contributed by atoms with E-state index in [0.29, 0.717) is 43.0 Å². The molecule has 2 atom stereocenters. The number of aliphatic hydroxyl groups is 2. The summed E-state index contributed by atoms with van der Waals surface area (Å²) in [5.41, 5.74) is -0.292. The topological polar surface area (TPSA) is 79.2 Å². The van der Waals surface area contributed by atoms with Crippen molar-refractivity contribution in [2.75, 3.05) is 33.9 Å². The van der Waals surface area contributed by atoms with Gasteiger partial charge in [-0.25, -0.2) is 0 Å². The van der Waals surface area contributed by atoms with Crippen molar-refractivity contribution in [2.24, 2.45) is 5.41 Å². The third-order valence-electron chi connectivity index (χ3n) is 4.88. The summed E-state index contributed by atoms with van der Waals surface area (Å²) in [4.78, 5) is 14.8. The fourth-order valence-corrected chi connectivity index (χ4v) is 3.52. The van der Waals surface area contributed by atoms with E-state index in [1.165, 1.54) is 14.2 Å². The lowest BCUT2D eigenvalue weighted by molar-refractivity contribution is -0.0720. The Hall–Kier alpha value is -1.79. The summed E-state index contributed by atoms with van der Waals surface area (Å²) in [6, 6.07) is 5.21. The standard InChI is InChI=1S/C18H27NO5/c1-4-9-18(12-20)11-19(10-8-15(18)21)17(22)16-13(23-2)6-5-7-14(16)24-3/h5-7,15,20-21H,4,8-12H2,1-3H3/t15-,18+/m1/s1. The lowest BCUT2D eigenvalue weighted by Crippen LogP contribution is -2.55. The predicted molar refractivity (Wildman–Crippen MR) is 90.5 cm³/mol. The second kappa shape index (κ2) is 7.85. The van der Waals surface area contributed by atoms with Gasteiger partial charge in [0.05, 0.1) is 26.9 Å². The number of hydrogen-bond acceptors (Lipinski definition) is 5. The van der Waals surface area contributed by atoms with Crippen LogP contribution in [0.1, 0.15) is 36.5 Å². The number of rotatable bonds is 6. The molecule has 0 unspecified atom stereocenters. The second-order valence-electron chi connectivity index (χ2n) is 6.34. The molecule has 0 aliphatic carbocycles. The molecule has 1 aromatic carbocycles. The van der Waals surface area contributed by atoms with Gasteiger partial charge in [-0.1, -0.05) is 19.4 Å². The molecule has 1 heterocycles. The van der Waals surface area contributed by atoms with Crippen molar-refractivity contribution >= 4 is 5.91 Å². The molecule has 2 N–H and O–H groups in total. The van der Waals surface area contributed by atoms with Crippen LogP contribution in [-0.2, 0) is 0 Å². The molecule has 1 fully saturated rings. The van der Waals surface area contributed by atoms with E-state index in [2.05, 4.69) is 0 Å². The van der Waals surface area contributed by atoms with Gasteiger partial charge in [-0.15, -0.1) is 0 Å². The van der Waals surface area contributed by atoms with Gasteiger partial charge in [-0.2, -0.15) is 0 Å². The number of benzene rings is 1. The third kappa shape index (κ3) is 3.35. The average Bonchev–Trinajstić information content (AvgIpc) is 2.62. The first-order valence-corrected chi connectivity index (χ1v) is 8.32. The van der Waals surface area contributed by atoms with E-state index in [-0.39, 0.29) is 12.5 Å². The van der Waals surface area contributed by atoms with Crippen LogP contribution in [0.3, 0.4) is 0 Å². The Kier molecular flexibility index (Phi) is 6.07. The van der Waals surface area contributed by atoms with Gasteiger partial charge in [0.15, 0.2) is 0 Å². The summed E-state index contributed by atoms with van der Waals surface area (Å²) in [5.74, 6) is 0.705. The highest BCUT2D eigenvalue weighted by Gasteiger charge is 2.43. The largest absolute Gasteiger partial charge is 0.496 e. The molecule has 0 aromatic heterocycles. The fraction of sp³-hybridized carbons (Fsp3) is 0.611. The minimum absolute atomic E-state index is 0.144. The Labute approximate surface area is 143 Å². The zero-order chi connectivity index (χ0) is 17.7. The molecule has 24 heavy (non-hydrogen) atoms. The van der Waals surface area contributed by atoms with Crippen molar-refractivity contribution in [2.45, 2.75) is 32.3 Å². The van der Waals surface area contributed by atoms with E-state index < -0.39 is 11.5 Å². The van der Waals surface area contributed by atoms with E-state index in [4.69, 9.17) is 9.47 Å². The lowest BCUT2D eigenvalue weighted by atomic mass is 9.74. The van der Waals surface area contributed by atoms with Gasteiger partial charge in [0.1, 0.15) is 17.1 Å². The Morgan fingerprint density at radius 2 is 1.96 bits per heavy atom. The molecular formula is C18H27NO5. The number of hydrogen-bond donors (Lipinski definition) is 2. The number of ether oxygens (including phenoxy) is 2. The molecule has 1 aromatic rings. The second-order valence-corrected chi connectivity index (χ2v) is 6.34. The molecule has 134 valence electrons. The van der Waals surface area contributed by atoms with Gasteiger partial charge >= 0.3 is 0 Å². The molecule has 6 heteroatoms. The van der Waals surface area contributed by atoms with Crippen molar-refractivity contribution in [3.63, 3.8) is 0 Å². The van der Waals surface area contributed by atoms with Crippen molar-refractivity contribution in [1.29, 1.82) is 0 Å². The lowest BCUT2D eigenvalue weighted by Gasteiger charge is -2.45. The molecule has 0 radical (unpaired) electrons. The van der Waals surface area contributed by atoms with E-state index in [9.17, 15) is 15.0 Å². The Morgan fingerprint density at radius 1 is 1.33 bits per heavy atom. The van der Waals surface area contributed by atoms with Crippen molar-refractivity contribution in [1.82, 2.24) is 4.90 Å². The summed E-state index contributed by atoms with van der Waals surface area (Å²) >= 11 is 0. The molecule has 1 aliphatic heterocycles. The van der Waals surface area contributed by atoms with Crippen LogP contribution >= 0.6 is 0 Å². The molecule has 1 amide bonds. The van der Waals surface area contributed by atoms with Gasteiger partial charge in [0, 0.05) is 18.5 Å². The SMILES string of the molecule is CCC[C@@]1(CO)CN(C(=O)c2c(OC)cccc2OC)CC[C@H]1O. The molecule has 2 rings (SSSR count). The number of methoxy groups -OCH3 is 2. The van der Waals surface area contributed by atoms with Crippen molar-refractivity contribution in [3.8, 4) is 11.5 Å². The molecule has 0 saturated carbocycles. The molecule has 6 nitrogen and oxygen atoms in total. The highest BCUT2D eigenvalue weighted by molar-refractivity contribution is 5.99. The molecular weight excluding hydrogens is 310 g/mol. The summed E-state index contributed by atoms with van der Waals surface area (Å²) in [6.07, 6.45) is 1.34. The summed E-state index contributed by atoms with van der Waals surface area (Å²) in [6.45, 7) is 2.62.